The minimum absolute atomic E-state index is 0.294. The van der Waals surface area contributed by atoms with E-state index < -0.39 is 0 Å². The monoisotopic (exact) mass is 412 g/mol. The van der Waals surface area contributed by atoms with Crippen molar-refractivity contribution in [3.8, 4) is 0 Å². The van der Waals surface area contributed by atoms with Crippen LogP contribution in [0.4, 0.5) is 5.69 Å². The van der Waals surface area contributed by atoms with Crippen LogP contribution in [0.3, 0.4) is 0 Å². The Labute approximate surface area is 183 Å². The van der Waals surface area contributed by atoms with Crippen LogP contribution in [0.5, 0.6) is 0 Å². The van der Waals surface area contributed by atoms with Gasteiger partial charge in [0.2, 0.25) is 0 Å². The largest absolute Gasteiger partial charge is 0.332 e. The van der Waals surface area contributed by atoms with Gasteiger partial charge in [0.15, 0.2) is 0 Å². The Morgan fingerprint density at radius 3 is 2.60 bits per heavy atom. The van der Waals surface area contributed by atoms with Crippen LogP contribution < -0.4 is 4.90 Å². The molecule has 0 radical (unpaired) electrons. The number of hydrogen-bond donors (Lipinski definition) is 0. The van der Waals surface area contributed by atoms with Crippen LogP contribution in [0.1, 0.15) is 49.1 Å². The third kappa shape index (κ3) is 4.17. The first kappa shape index (κ1) is 19.4. The number of allylic oxidation sites excluding steroid dienone is 2. The molecular weight excluding hydrogens is 384 g/mol. The van der Waals surface area contributed by atoms with E-state index in [4.69, 9.17) is 0 Å². The summed E-state index contributed by atoms with van der Waals surface area (Å²) in [7, 11) is 0. The molecule has 1 saturated carbocycles. The smallest absolute Gasteiger partial charge is 0.0984 e. The summed E-state index contributed by atoms with van der Waals surface area (Å²) in [5.74, 6) is 1.72. The molecule has 0 spiro atoms. The quantitative estimate of drug-likeness (QED) is 0.433. The number of anilines is 1. The molecule has 1 atom stereocenters. The number of fused-ring (bicyclic) bond motifs is 1. The first-order chi connectivity index (χ1) is 14.9. The lowest BCUT2D eigenvalue weighted by atomic mass is 9.84. The van der Waals surface area contributed by atoms with Gasteiger partial charge in [-0.25, -0.2) is 0 Å². The normalized spacial score (nSPS) is 19.5. The molecule has 30 heavy (non-hydrogen) atoms. The van der Waals surface area contributed by atoms with Crippen molar-refractivity contribution in [2.45, 2.75) is 49.1 Å². The first-order valence-corrected chi connectivity index (χ1v) is 12.1. The minimum atomic E-state index is 0.294. The average molecular weight is 413 g/mol. The van der Waals surface area contributed by atoms with Crippen molar-refractivity contribution in [3.05, 3.63) is 96.3 Å². The molecule has 0 bridgehead atoms. The Morgan fingerprint density at radius 2 is 1.73 bits per heavy atom. The van der Waals surface area contributed by atoms with Gasteiger partial charge in [0.05, 0.1) is 10.9 Å². The molecule has 3 heteroatoms. The molecule has 0 N–H and O–H groups in total. The Hall–Kier alpha value is -2.52. The van der Waals surface area contributed by atoms with Crippen LogP contribution in [0.15, 0.2) is 85.2 Å². The zero-order valence-electron chi connectivity index (χ0n) is 17.3. The zero-order valence-corrected chi connectivity index (χ0v) is 18.1. The van der Waals surface area contributed by atoms with Gasteiger partial charge in [-0.05, 0) is 60.2 Å². The number of rotatable bonds is 5. The number of pyridine rings is 1. The summed E-state index contributed by atoms with van der Waals surface area (Å²) in [6.07, 6.45) is 17.6. The molecular formula is C27H28N2S. The molecule has 0 saturated heterocycles. The van der Waals surface area contributed by atoms with E-state index in [-0.39, 0.29) is 0 Å². The second-order valence-electron chi connectivity index (χ2n) is 8.25. The lowest BCUT2D eigenvalue weighted by molar-refractivity contribution is 0.443. The van der Waals surface area contributed by atoms with Gasteiger partial charge in [-0.1, -0.05) is 61.7 Å². The topological polar surface area (TPSA) is 16.1 Å². The maximum atomic E-state index is 4.50. The molecule has 2 aromatic carbocycles. The Bertz CT molecular complexity index is 1040. The van der Waals surface area contributed by atoms with E-state index in [1.165, 1.54) is 54.3 Å². The SMILES string of the molecule is C1=CC(SCc2ccnc3ccccc23)N(c2ccc(C3CCCCC3)cc2)C=C1. The van der Waals surface area contributed by atoms with Gasteiger partial charge in [-0.3, -0.25) is 4.98 Å². The highest BCUT2D eigenvalue weighted by Gasteiger charge is 2.19. The predicted octanol–water partition coefficient (Wildman–Crippen LogP) is 7.43. The summed E-state index contributed by atoms with van der Waals surface area (Å²) in [6, 6.07) is 19.9. The van der Waals surface area contributed by atoms with Gasteiger partial charge in [0.1, 0.15) is 0 Å². The predicted molar refractivity (Wildman–Crippen MR) is 130 cm³/mol. The summed E-state index contributed by atoms with van der Waals surface area (Å²) >= 11 is 1.96. The fourth-order valence-electron chi connectivity index (χ4n) is 4.66. The minimum Gasteiger partial charge on any atom is -0.332 e. The molecule has 5 rings (SSSR count). The number of nitrogens with zero attached hydrogens (tertiary/aromatic N) is 2. The number of para-hydroxylation sites is 1. The molecule has 1 unspecified atom stereocenters. The van der Waals surface area contributed by atoms with Crippen molar-refractivity contribution >= 4 is 28.4 Å². The van der Waals surface area contributed by atoms with Gasteiger partial charge in [0.25, 0.3) is 0 Å². The van der Waals surface area contributed by atoms with Gasteiger partial charge in [0, 0.05) is 29.2 Å². The number of benzene rings is 2. The highest BCUT2D eigenvalue weighted by molar-refractivity contribution is 7.99. The molecule has 2 nitrogen and oxygen atoms in total. The van der Waals surface area contributed by atoms with E-state index in [0.29, 0.717) is 5.37 Å². The summed E-state index contributed by atoms with van der Waals surface area (Å²) in [5.41, 5.74) is 5.21. The maximum Gasteiger partial charge on any atom is 0.0984 e. The standard InChI is InChI=1S/C27H28N2S/c1-2-8-21(9-3-1)22-13-15-24(16-14-22)29-19-7-6-12-27(29)30-20-23-17-18-28-26-11-5-4-10-25(23)26/h4-7,10-19,21,27H,1-3,8-9,20H2. The highest BCUT2D eigenvalue weighted by atomic mass is 32.2. The van der Waals surface area contributed by atoms with E-state index >= 15 is 0 Å². The average Bonchev–Trinajstić information content (AvgIpc) is 2.83. The summed E-state index contributed by atoms with van der Waals surface area (Å²) in [5, 5.41) is 1.55. The van der Waals surface area contributed by atoms with E-state index in [1.807, 2.05) is 18.0 Å². The summed E-state index contributed by atoms with van der Waals surface area (Å²) < 4.78 is 0. The van der Waals surface area contributed by atoms with Crippen molar-refractivity contribution in [2.75, 3.05) is 4.90 Å². The molecule has 152 valence electrons. The lowest BCUT2D eigenvalue weighted by Crippen LogP contribution is -2.27. The van der Waals surface area contributed by atoms with Crippen LogP contribution in [-0.2, 0) is 5.75 Å². The molecule has 2 aliphatic rings. The van der Waals surface area contributed by atoms with Gasteiger partial charge in [-0.2, -0.15) is 0 Å². The number of thioether (sulfide) groups is 1. The lowest BCUT2D eigenvalue weighted by Gasteiger charge is -2.31. The van der Waals surface area contributed by atoms with Crippen molar-refractivity contribution in [3.63, 3.8) is 0 Å². The molecule has 1 aliphatic carbocycles. The number of aromatic nitrogens is 1. The van der Waals surface area contributed by atoms with Crippen LogP contribution in [-0.4, -0.2) is 10.4 Å². The fourth-order valence-corrected chi connectivity index (χ4v) is 5.82. The molecule has 3 aromatic rings. The first-order valence-electron chi connectivity index (χ1n) is 11.1. The summed E-state index contributed by atoms with van der Waals surface area (Å²) in [4.78, 5) is 6.89. The Balaban J connectivity index is 1.31. The van der Waals surface area contributed by atoms with E-state index in [0.717, 1.165) is 17.2 Å². The third-order valence-electron chi connectivity index (χ3n) is 6.32. The molecule has 0 amide bonds. The van der Waals surface area contributed by atoms with Crippen molar-refractivity contribution in [1.29, 1.82) is 0 Å². The Morgan fingerprint density at radius 1 is 0.900 bits per heavy atom. The number of hydrogen-bond acceptors (Lipinski definition) is 3. The maximum absolute atomic E-state index is 4.50. The van der Waals surface area contributed by atoms with Crippen molar-refractivity contribution < 1.29 is 0 Å². The second-order valence-corrected chi connectivity index (χ2v) is 9.35. The third-order valence-corrected chi connectivity index (χ3v) is 7.53. The van der Waals surface area contributed by atoms with Crippen LogP contribution in [0.2, 0.25) is 0 Å². The molecule has 1 aliphatic heterocycles. The van der Waals surface area contributed by atoms with Crippen LogP contribution in [0, 0.1) is 0 Å². The molecule has 2 heterocycles. The van der Waals surface area contributed by atoms with E-state index in [1.54, 1.807) is 0 Å². The molecule has 1 fully saturated rings. The Kier molecular flexibility index (Phi) is 5.89. The van der Waals surface area contributed by atoms with E-state index in [2.05, 4.69) is 88.9 Å². The second kappa shape index (κ2) is 9.09. The van der Waals surface area contributed by atoms with Crippen LogP contribution >= 0.6 is 11.8 Å². The van der Waals surface area contributed by atoms with Crippen molar-refractivity contribution in [1.82, 2.24) is 4.98 Å². The fraction of sp³-hybridized carbons (Fsp3) is 0.296. The molecule has 1 aromatic heterocycles. The summed E-state index contributed by atoms with van der Waals surface area (Å²) in [6.45, 7) is 0. The van der Waals surface area contributed by atoms with Gasteiger partial charge >= 0.3 is 0 Å². The van der Waals surface area contributed by atoms with Crippen LogP contribution in [0.25, 0.3) is 10.9 Å². The van der Waals surface area contributed by atoms with Gasteiger partial charge < -0.3 is 4.90 Å². The highest BCUT2D eigenvalue weighted by Crippen LogP contribution is 2.35. The van der Waals surface area contributed by atoms with E-state index in [9.17, 15) is 0 Å². The zero-order chi connectivity index (χ0) is 20.2. The van der Waals surface area contributed by atoms with Gasteiger partial charge in [-0.15, -0.1) is 11.8 Å². The van der Waals surface area contributed by atoms with Crippen molar-refractivity contribution in [2.24, 2.45) is 0 Å².